The summed E-state index contributed by atoms with van der Waals surface area (Å²) in [6.45, 7) is 5.16. The third-order valence-corrected chi connectivity index (χ3v) is 6.33. The first kappa shape index (κ1) is 16.7. The van der Waals surface area contributed by atoms with E-state index in [0.717, 1.165) is 44.7 Å². The first-order valence-electron chi connectivity index (χ1n) is 9.13. The first-order valence-corrected chi connectivity index (χ1v) is 10.1. The summed E-state index contributed by atoms with van der Waals surface area (Å²) in [4.78, 5) is 21.5. The quantitative estimate of drug-likeness (QED) is 0.845. The summed E-state index contributed by atoms with van der Waals surface area (Å²) in [7, 11) is 0. The number of amides is 1. The summed E-state index contributed by atoms with van der Waals surface area (Å²) in [5, 5.41) is 4.40. The maximum Gasteiger partial charge on any atom is 0.227 e. The molecular formula is C20H25N3OS. The minimum Gasteiger partial charge on any atom is -0.342 e. The standard InChI is InChI=1S/C20H25N3OS/c24-19(11-17-3-1-7-21-12-17)23-8-2-5-20(16-23)6-9-22(15-20)13-18-4-10-25-14-18/h1,3-4,7,10,12,14H,2,5-6,8-9,11,13,15-16H2. The van der Waals surface area contributed by atoms with Crippen molar-refractivity contribution in [3.63, 3.8) is 0 Å². The second kappa shape index (κ2) is 7.26. The summed E-state index contributed by atoms with van der Waals surface area (Å²) >= 11 is 1.77. The fourth-order valence-electron chi connectivity index (χ4n) is 4.35. The molecule has 2 saturated heterocycles. The Labute approximate surface area is 153 Å². The van der Waals surface area contributed by atoms with Gasteiger partial charge in [0.25, 0.3) is 0 Å². The van der Waals surface area contributed by atoms with Crippen molar-refractivity contribution in [1.82, 2.24) is 14.8 Å². The lowest BCUT2D eigenvalue weighted by Gasteiger charge is -2.40. The van der Waals surface area contributed by atoms with Crippen LogP contribution in [0.4, 0.5) is 0 Å². The lowest BCUT2D eigenvalue weighted by atomic mass is 9.79. The molecule has 1 unspecified atom stereocenters. The van der Waals surface area contributed by atoms with Crippen LogP contribution in [0.3, 0.4) is 0 Å². The third kappa shape index (κ3) is 3.93. The number of aromatic nitrogens is 1. The van der Waals surface area contributed by atoms with Crippen LogP contribution in [0.5, 0.6) is 0 Å². The zero-order valence-electron chi connectivity index (χ0n) is 14.6. The van der Waals surface area contributed by atoms with Crippen molar-refractivity contribution in [3.05, 3.63) is 52.5 Å². The number of piperidine rings is 1. The molecular weight excluding hydrogens is 330 g/mol. The first-order chi connectivity index (χ1) is 12.2. The Hall–Kier alpha value is -1.72. The van der Waals surface area contributed by atoms with E-state index in [9.17, 15) is 4.79 Å². The largest absolute Gasteiger partial charge is 0.342 e. The zero-order valence-corrected chi connectivity index (χ0v) is 15.4. The van der Waals surface area contributed by atoms with Crippen molar-refractivity contribution in [2.24, 2.45) is 5.41 Å². The van der Waals surface area contributed by atoms with Crippen molar-refractivity contribution in [2.75, 3.05) is 26.2 Å². The van der Waals surface area contributed by atoms with E-state index in [-0.39, 0.29) is 5.91 Å². The Morgan fingerprint density at radius 2 is 2.16 bits per heavy atom. The van der Waals surface area contributed by atoms with Crippen LogP contribution < -0.4 is 0 Å². The van der Waals surface area contributed by atoms with Gasteiger partial charge < -0.3 is 4.90 Å². The van der Waals surface area contributed by atoms with Gasteiger partial charge in [0.05, 0.1) is 6.42 Å². The van der Waals surface area contributed by atoms with Crippen LogP contribution in [0.15, 0.2) is 41.4 Å². The Kier molecular flexibility index (Phi) is 4.86. The minimum atomic E-state index is 0.253. The van der Waals surface area contributed by atoms with E-state index in [0.29, 0.717) is 11.8 Å². The molecule has 2 fully saturated rings. The van der Waals surface area contributed by atoms with Crippen molar-refractivity contribution in [2.45, 2.75) is 32.2 Å². The van der Waals surface area contributed by atoms with Gasteiger partial charge in [0.2, 0.25) is 5.91 Å². The Bertz CT molecular complexity index is 703. The molecule has 2 aliphatic rings. The number of carbonyl (C=O) groups excluding carboxylic acids is 1. The molecule has 0 bridgehead atoms. The molecule has 1 amide bonds. The highest BCUT2D eigenvalue weighted by atomic mass is 32.1. The van der Waals surface area contributed by atoms with E-state index in [1.165, 1.54) is 18.4 Å². The van der Waals surface area contributed by atoms with Gasteiger partial charge in [-0.1, -0.05) is 6.07 Å². The van der Waals surface area contributed by atoms with Crippen LogP contribution in [-0.2, 0) is 17.8 Å². The molecule has 25 heavy (non-hydrogen) atoms. The van der Waals surface area contributed by atoms with E-state index >= 15 is 0 Å². The van der Waals surface area contributed by atoms with Gasteiger partial charge >= 0.3 is 0 Å². The molecule has 0 aromatic carbocycles. The van der Waals surface area contributed by atoms with Crippen molar-refractivity contribution < 1.29 is 4.79 Å². The predicted octanol–water partition coefficient (Wildman–Crippen LogP) is 3.20. The zero-order chi connectivity index (χ0) is 17.1. The lowest BCUT2D eigenvalue weighted by molar-refractivity contribution is -0.133. The molecule has 4 heterocycles. The average molecular weight is 356 g/mol. The van der Waals surface area contributed by atoms with Crippen molar-refractivity contribution >= 4 is 17.2 Å². The third-order valence-electron chi connectivity index (χ3n) is 5.60. The molecule has 2 aliphatic heterocycles. The van der Waals surface area contributed by atoms with E-state index in [1.807, 2.05) is 12.1 Å². The molecule has 0 N–H and O–H groups in total. The lowest BCUT2D eigenvalue weighted by Crippen LogP contribution is -2.47. The van der Waals surface area contributed by atoms with Crippen molar-refractivity contribution in [3.8, 4) is 0 Å². The number of hydrogen-bond acceptors (Lipinski definition) is 4. The number of carbonyl (C=O) groups is 1. The summed E-state index contributed by atoms with van der Waals surface area (Å²) in [6.07, 6.45) is 7.63. The monoisotopic (exact) mass is 355 g/mol. The molecule has 2 aromatic rings. The second-order valence-electron chi connectivity index (χ2n) is 7.55. The van der Waals surface area contributed by atoms with E-state index in [2.05, 4.69) is 31.6 Å². The predicted molar refractivity (Wildman–Crippen MR) is 100 cm³/mol. The van der Waals surface area contributed by atoms with Gasteiger partial charge in [0.1, 0.15) is 0 Å². The fourth-order valence-corrected chi connectivity index (χ4v) is 5.01. The number of thiophene rings is 1. The molecule has 1 atom stereocenters. The highest BCUT2D eigenvalue weighted by Crippen LogP contribution is 2.39. The van der Waals surface area contributed by atoms with Gasteiger partial charge in [0.15, 0.2) is 0 Å². The molecule has 0 saturated carbocycles. The molecule has 4 nitrogen and oxygen atoms in total. The maximum absolute atomic E-state index is 12.7. The number of hydrogen-bond donors (Lipinski definition) is 0. The van der Waals surface area contributed by atoms with Crippen LogP contribution >= 0.6 is 11.3 Å². The molecule has 132 valence electrons. The topological polar surface area (TPSA) is 36.4 Å². The molecule has 0 radical (unpaired) electrons. The van der Waals surface area contributed by atoms with Crippen LogP contribution in [0.2, 0.25) is 0 Å². The fraction of sp³-hybridized carbons (Fsp3) is 0.500. The normalized spacial score (nSPS) is 24.1. The number of rotatable bonds is 4. The Balaban J connectivity index is 1.36. The SMILES string of the molecule is O=C(Cc1cccnc1)N1CCCC2(CCN(Cc3ccsc3)C2)C1. The Morgan fingerprint density at radius 1 is 1.20 bits per heavy atom. The Morgan fingerprint density at radius 3 is 2.96 bits per heavy atom. The number of likely N-dealkylation sites (tertiary alicyclic amines) is 2. The minimum absolute atomic E-state index is 0.253. The van der Waals surface area contributed by atoms with Crippen LogP contribution in [0, 0.1) is 5.41 Å². The van der Waals surface area contributed by atoms with Crippen LogP contribution in [0.25, 0.3) is 0 Å². The van der Waals surface area contributed by atoms with Crippen LogP contribution in [-0.4, -0.2) is 46.9 Å². The molecule has 5 heteroatoms. The maximum atomic E-state index is 12.7. The highest BCUT2D eigenvalue weighted by molar-refractivity contribution is 7.07. The molecule has 2 aromatic heterocycles. The van der Waals surface area contributed by atoms with Gasteiger partial charge in [-0.05, 0) is 59.8 Å². The highest BCUT2D eigenvalue weighted by Gasteiger charge is 2.42. The van der Waals surface area contributed by atoms with Gasteiger partial charge in [-0.3, -0.25) is 14.7 Å². The van der Waals surface area contributed by atoms with E-state index in [4.69, 9.17) is 0 Å². The van der Waals surface area contributed by atoms with E-state index < -0.39 is 0 Å². The molecule has 4 rings (SSSR count). The average Bonchev–Trinajstić information content (AvgIpc) is 3.27. The summed E-state index contributed by atoms with van der Waals surface area (Å²) < 4.78 is 0. The number of nitrogens with zero attached hydrogens (tertiary/aromatic N) is 3. The van der Waals surface area contributed by atoms with Crippen LogP contribution in [0.1, 0.15) is 30.4 Å². The van der Waals surface area contributed by atoms with Gasteiger partial charge in [-0.2, -0.15) is 11.3 Å². The van der Waals surface area contributed by atoms with Gasteiger partial charge in [0, 0.05) is 44.0 Å². The smallest absolute Gasteiger partial charge is 0.227 e. The van der Waals surface area contributed by atoms with Gasteiger partial charge in [-0.15, -0.1) is 0 Å². The van der Waals surface area contributed by atoms with Gasteiger partial charge in [-0.25, -0.2) is 0 Å². The molecule has 1 spiro atoms. The summed E-state index contributed by atoms with van der Waals surface area (Å²) in [5.41, 5.74) is 2.73. The number of pyridine rings is 1. The summed E-state index contributed by atoms with van der Waals surface area (Å²) in [6, 6.07) is 6.11. The summed E-state index contributed by atoms with van der Waals surface area (Å²) in [5.74, 6) is 0.253. The van der Waals surface area contributed by atoms with E-state index in [1.54, 1.807) is 23.7 Å². The second-order valence-corrected chi connectivity index (χ2v) is 8.33. The van der Waals surface area contributed by atoms with Crippen molar-refractivity contribution in [1.29, 1.82) is 0 Å². The molecule has 0 aliphatic carbocycles.